The third-order valence-corrected chi connectivity index (χ3v) is 2.98. The van der Waals surface area contributed by atoms with Gasteiger partial charge in [0.1, 0.15) is 0 Å². The first kappa shape index (κ1) is 17.0. The Kier molecular flexibility index (Phi) is 5.30. The second-order valence-corrected chi connectivity index (χ2v) is 6.46. The largest absolute Gasteiger partial charge is 0.478 e. The molecule has 0 aliphatic rings. The van der Waals surface area contributed by atoms with E-state index >= 15 is 0 Å². The summed E-state index contributed by atoms with van der Waals surface area (Å²) in [5.41, 5.74) is 2.34. The topological polar surface area (TPSA) is 57.6 Å². The standard InChI is InChI=1S/C17H23NO3/c1-12-10-14(7-6-13(12)8-9-15(19)20)16(21)18(5)11-17(2,3)4/h6-10H,11H2,1-5H3,(H,19,20)/b9-8+. The van der Waals surface area contributed by atoms with Crippen LogP contribution in [0.4, 0.5) is 0 Å². The molecule has 4 heteroatoms. The number of benzene rings is 1. The normalized spacial score (nSPS) is 11.7. The van der Waals surface area contributed by atoms with E-state index in [-0.39, 0.29) is 11.3 Å². The second-order valence-electron chi connectivity index (χ2n) is 6.46. The molecule has 114 valence electrons. The van der Waals surface area contributed by atoms with Gasteiger partial charge in [-0.1, -0.05) is 26.8 Å². The molecular weight excluding hydrogens is 266 g/mol. The lowest BCUT2D eigenvalue weighted by atomic mass is 9.96. The monoisotopic (exact) mass is 289 g/mol. The number of carbonyl (C=O) groups is 2. The minimum Gasteiger partial charge on any atom is -0.478 e. The quantitative estimate of drug-likeness (QED) is 0.866. The molecule has 0 saturated heterocycles. The van der Waals surface area contributed by atoms with Gasteiger partial charge in [0.25, 0.3) is 5.91 Å². The Morgan fingerprint density at radius 2 is 1.90 bits per heavy atom. The van der Waals surface area contributed by atoms with Crippen molar-refractivity contribution in [2.24, 2.45) is 5.41 Å². The van der Waals surface area contributed by atoms with Gasteiger partial charge in [-0.3, -0.25) is 4.79 Å². The maximum absolute atomic E-state index is 12.4. The summed E-state index contributed by atoms with van der Waals surface area (Å²) >= 11 is 0. The Balaban J connectivity index is 2.93. The molecule has 0 aliphatic carbocycles. The number of hydrogen-bond acceptors (Lipinski definition) is 2. The fourth-order valence-corrected chi connectivity index (χ4v) is 2.16. The van der Waals surface area contributed by atoms with Crippen LogP contribution in [0.2, 0.25) is 0 Å². The van der Waals surface area contributed by atoms with Crippen molar-refractivity contribution in [3.05, 3.63) is 41.0 Å². The fraction of sp³-hybridized carbons (Fsp3) is 0.412. The number of nitrogens with zero attached hydrogens (tertiary/aromatic N) is 1. The highest BCUT2D eigenvalue weighted by Crippen LogP contribution is 2.18. The number of rotatable bonds is 4. The van der Waals surface area contributed by atoms with Crippen LogP contribution in [0.1, 0.15) is 42.3 Å². The van der Waals surface area contributed by atoms with E-state index < -0.39 is 5.97 Å². The molecule has 1 aromatic rings. The van der Waals surface area contributed by atoms with Crippen molar-refractivity contribution in [1.29, 1.82) is 0 Å². The first-order chi connectivity index (χ1) is 9.60. The summed E-state index contributed by atoms with van der Waals surface area (Å²) in [5.74, 6) is -1.01. The van der Waals surface area contributed by atoms with Gasteiger partial charge in [-0.25, -0.2) is 4.79 Å². The van der Waals surface area contributed by atoms with Gasteiger partial charge < -0.3 is 10.0 Å². The van der Waals surface area contributed by atoms with Crippen molar-refractivity contribution in [3.8, 4) is 0 Å². The molecule has 0 saturated carbocycles. The molecule has 4 nitrogen and oxygen atoms in total. The molecule has 1 aromatic carbocycles. The number of carboxylic acids is 1. The van der Waals surface area contributed by atoms with Crippen molar-refractivity contribution >= 4 is 18.0 Å². The smallest absolute Gasteiger partial charge is 0.328 e. The van der Waals surface area contributed by atoms with E-state index in [0.717, 1.165) is 17.2 Å². The van der Waals surface area contributed by atoms with Gasteiger partial charge in [-0.2, -0.15) is 0 Å². The van der Waals surface area contributed by atoms with Crippen LogP contribution in [0, 0.1) is 12.3 Å². The number of aliphatic carboxylic acids is 1. The molecule has 0 atom stereocenters. The molecule has 21 heavy (non-hydrogen) atoms. The van der Waals surface area contributed by atoms with Crippen LogP contribution in [0.15, 0.2) is 24.3 Å². The number of aryl methyl sites for hydroxylation is 1. The van der Waals surface area contributed by atoms with E-state index in [1.807, 2.05) is 6.92 Å². The van der Waals surface area contributed by atoms with Crippen LogP contribution in [-0.2, 0) is 4.79 Å². The molecule has 0 bridgehead atoms. The molecule has 1 rings (SSSR count). The molecule has 0 spiro atoms. The van der Waals surface area contributed by atoms with Gasteiger partial charge in [0.2, 0.25) is 0 Å². The van der Waals surface area contributed by atoms with Gasteiger partial charge in [-0.05, 0) is 41.7 Å². The summed E-state index contributed by atoms with van der Waals surface area (Å²) in [4.78, 5) is 24.6. The summed E-state index contributed by atoms with van der Waals surface area (Å²) in [6.07, 6.45) is 2.63. The molecule has 1 amide bonds. The van der Waals surface area contributed by atoms with Gasteiger partial charge in [-0.15, -0.1) is 0 Å². The molecule has 0 unspecified atom stereocenters. The summed E-state index contributed by atoms with van der Waals surface area (Å²) in [5, 5.41) is 8.64. The lowest BCUT2D eigenvalue weighted by Crippen LogP contribution is -2.34. The Morgan fingerprint density at radius 3 is 2.38 bits per heavy atom. The lowest BCUT2D eigenvalue weighted by molar-refractivity contribution is -0.131. The third kappa shape index (κ3) is 5.42. The van der Waals surface area contributed by atoms with Crippen LogP contribution >= 0.6 is 0 Å². The molecule has 0 aliphatic heterocycles. The zero-order valence-corrected chi connectivity index (χ0v) is 13.3. The molecule has 0 aromatic heterocycles. The van der Waals surface area contributed by atoms with Gasteiger partial charge in [0.05, 0.1) is 0 Å². The Labute approximate surface area is 126 Å². The third-order valence-electron chi connectivity index (χ3n) is 2.98. The minimum absolute atomic E-state index is 0.0261. The molecular formula is C17H23NO3. The summed E-state index contributed by atoms with van der Waals surface area (Å²) in [6.45, 7) is 8.79. The maximum atomic E-state index is 12.4. The second kappa shape index (κ2) is 6.57. The van der Waals surface area contributed by atoms with Crippen molar-refractivity contribution in [3.63, 3.8) is 0 Å². The van der Waals surface area contributed by atoms with Crippen LogP contribution < -0.4 is 0 Å². The van der Waals surface area contributed by atoms with Gasteiger partial charge in [0, 0.05) is 25.2 Å². The molecule has 0 fully saturated rings. The summed E-state index contributed by atoms with van der Waals surface area (Å²) in [6, 6.07) is 5.30. The van der Waals surface area contributed by atoms with Crippen molar-refractivity contribution in [2.45, 2.75) is 27.7 Å². The highest BCUT2D eigenvalue weighted by molar-refractivity contribution is 5.94. The SMILES string of the molecule is Cc1cc(C(=O)N(C)CC(C)(C)C)ccc1/C=C/C(=O)O. The highest BCUT2D eigenvalue weighted by Gasteiger charge is 2.19. The van der Waals surface area contributed by atoms with E-state index in [2.05, 4.69) is 20.8 Å². The lowest BCUT2D eigenvalue weighted by Gasteiger charge is -2.26. The van der Waals surface area contributed by atoms with E-state index in [4.69, 9.17) is 5.11 Å². The molecule has 1 N–H and O–H groups in total. The molecule has 0 radical (unpaired) electrons. The van der Waals surface area contributed by atoms with E-state index in [1.165, 1.54) is 6.08 Å². The Bertz CT molecular complexity index is 568. The molecule has 0 heterocycles. The predicted molar refractivity (Wildman–Crippen MR) is 84.3 cm³/mol. The average Bonchev–Trinajstić information content (AvgIpc) is 2.34. The van der Waals surface area contributed by atoms with Crippen molar-refractivity contribution < 1.29 is 14.7 Å². The number of carbonyl (C=O) groups excluding carboxylic acids is 1. The predicted octanol–water partition coefficient (Wildman–Crippen LogP) is 3.21. The zero-order chi connectivity index (χ0) is 16.2. The van der Waals surface area contributed by atoms with Crippen LogP contribution in [-0.4, -0.2) is 35.5 Å². The zero-order valence-electron chi connectivity index (χ0n) is 13.3. The Morgan fingerprint density at radius 1 is 1.29 bits per heavy atom. The highest BCUT2D eigenvalue weighted by atomic mass is 16.4. The first-order valence-corrected chi connectivity index (χ1v) is 6.87. The van der Waals surface area contributed by atoms with Crippen molar-refractivity contribution in [2.75, 3.05) is 13.6 Å². The maximum Gasteiger partial charge on any atom is 0.328 e. The van der Waals surface area contributed by atoms with E-state index in [1.54, 1.807) is 30.1 Å². The van der Waals surface area contributed by atoms with E-state index in [9.17, 15) is 9.59 Å². The Hall–Kier alpha value is -2.10. The van der Waals surface area contributed by atoms with Crippen LogP contribution in [0.25, 0.3) is 6.08 Å². The van der Waals surface area contributed by atoms with Gasteiger partial charge >= 0.3 is 5.97 Å². The van der Waals surface area contributed by atoms with Crippen LogP contribution in [0.3, 0.4) is 0 Å². The number of carboxylic acid groups (broad SMARTS) is 1. The van der Waals surface area contributed by atoms with Crippen LogP contribution in [0.5, 0.6) is 0 Å². The average molecular weight is 289 g/mol. The first-order valence-electron chi connectivity index (χ1n) is 6.87. The van der Waals surface area contributed by atoms with E-state index in [0.29, 0.717) is 12.1 Å². The summed E-state index contributed by atoms with van der Waals surface area (Å²) < 4.78 is 0. The fourth-order valence-electron chi connectivity index (χ4n) is 2.16. The number of amides is 1. The van der Waals surface area contributed by atoms with Crippen molar-refractivity contribution in [1.82, 2.24) is 4.90 Å². The minimum atomic E-state index is -0.987. The van der Waals surface area contributed by atoms with Gasteiger partial charge in [0.15, 0.2) is 0 Å². The summed E-state index contributed by atoms with van der Waals surface area (Å²) in [7, 11) is 1.79. The number of hydrogen-bond donors (Lipinski definition) is 1.